The van der Waals surface area contributed by atoms with E-state index in [9.17, 15) is 19.2 Å². The molecule has 0 aromatic carbocycles. The number of Topliss-reactive ketones (excluding diaryl/α,β-unsaturated/α-hetero) is 1. The third kappa shape index (κ3) is 6.03. The molecular formula is C21H34N4O5. The van der Waals surface area contributed by atoms with Gasteiger partial charge in [0.2, 0.25) is 17.6 Å². The highest BCUT2D eigenvalue weighted by atomic mass is 16.4. The molecular weight excluding hydrogens is 388 g/mol. The molecule has 2 N–H and O–H groups in total. The SMILES string of the molecule is CC(=O)NC1(C(=O)N[C@@H](CC(C)C)C(=O)c2nn(CC(C)C)c(=O)o2)CCCCC1. The third-order valence-corrected chi connectivity index (χ3v) is 5.24. The number of amides is 2. The number of nitrogens with one attached hydrogen (secondary N) is 2. The second-order valence-electron chi connectivity index (χ2n) is 9.09. The number of ketones is 1. The van der Waals surface area contributed by atoms with Crippen molar-refractivity contribution in [1.82, 2.24) is 20.4 Å². The minimum atomic E-state index is -1.02. The molecule has 9 nitrogen and oxygen atoms in total. The normalized spacial score (nSPS) is 17.0. The van der Waals surface area contributed by atoms with E-state index in [4.69, 9.17) is 4.42 Å². The lowest BCUT2D eigenvalue weighted by atomic mass is 9.80. The van der Waals surface area contributed by atoms with Gasteiger partial charge in [-0.3, -0.25) is 14.4 Å². The van der Waals surface area contributed by atoms with Gasteiger partial charge in [0.1, 0.15) is 5.54 Å². The van der Waals surface area contributed by atoms with E-state index in [0.29, 0.717) is 25.8 Å². The fraction of sp³-hybridized carbons (Fsp3) is 0.762. The average Bonchev–Trinajstić information content (AvgIpc) is 3.00. The molecule has 1 atom stereocenters. The van der Waals surface area contributed by atoms with E-state index in [1.54, 1.807) is 0 Å². The Labute approximate surface area is 177 Å². The lowest BCUT2D eigenvalue weighted by Gasteiger charge is -2.37. The van der Waals surface area contributed by atoms with Crippen molar-refractivity contribution in [1.29, 1.82) is 0 Å². The lowest BCUT2D eigenvalue weighted by molar-refractivity contribution is -0.134. The largest absolute Gasteiger partial charge is 0.437 e. The van der Waals surface area contributed by atoms with Crippen molar-refractivity contribution in [2.24, 2.45) is 11.8 Å². The molecule has 1 aromatic heterocycles. The molecule has 0 unspecified atom stereocenters. The van der Waals surface area contributed by atoms with Gasteiger partial charge in [-0.2, -0.15) is 4.68 Å². The van der Waals surface area contributed by atoms with Crippen LogP contribution < -0.4 is 16.4 Å². The summed E-state index contributed by atoms with van der Waals surface area (Å²) < 4.78 is 6.21. The van der Waals surface area contributed by atoms with E-state index in [1.807, 2.05) is 27.7 Å². The van der Waals surface area contributed by atoms with Crippen LogP contribution in [0.2, 0.25) is 0 Å². The highest BCUT2D eigenvalue weighted by molar-refractivity contribution is 6.00. The minimum Gasteiger partial charge on any atom is -0.384 e. The number of rotatable bonds is 9. The van der Waals surface area contributed by atoms with Gasteiger partial charge in [0.05, 0.1) is 12.6 Å². The van der Waals surface area contributed by atoms with Crippen molar-refractivity contribution in [2.45, 2.75) is 91.3 Å². The lowest BCUT2D eigenvalue weighted by Crippen LogP contribution is -2.61. The van der Waals surface area contributed by atoms with Crippen LogP contribution in [0.5, 0.6) is 0 Å². The fourth-order valence-electron chi connectivity index (χ4n) is 3.92. The number of carbonyl (C=O) groups excluding carboxylic acids is 3. The molecule has 0 radical (unpaired) electrons. The van der Waals surface area contributed by atoms with Crippen LogP contribution in [-0.4, -0.2) is 39.0 Å². The number of hydrogen-bond acceptors (Lipinski definition) is 6. The summed E-state index contributed by atoms with van der Waals surface area (Å²) in [5.74, 6) is -1.92. The smallest absolute Gasteiger partial charge is 0.384 e. The zero-order valence-electron chi connectivity index (χ0n) is 18.6. The van der Waals surface area contributed by atoms with E-state index in [2.05, 4.69) is 15.7 Å². The maximum atomic E-state index is 13.2. The van der Waals surface area contributed by atoms with Gasteiger partial charge in [0, 0.05) is 6.92 Å². The molecule has 0 saturated heterocycles. The van der Waals surface area contributed by atoms with Crippen LogP contribution >= 0.6 is 0 Å². The topological polar surface area (TPSA) is 123 Å². The van der Waals surface area contributed by atoms with Gasteiger partial charge in [0.25, 0.3) is 5.89 Å². The number of aromatic nitrogens is 2. The molecule has 1 aliphatic carbocycles. The Balaban J connectivity index is 2.26. The van der Waals surface area contributed by atoms with Crippen molar-refractivity contribution < 1.29 is 18.8 Å². The maximum absolute atomic E-state index is 13.2. The summed E-state index contributed by atoms with van der Waals surface area (Å²) >= 11 is 0. The Kier molecular flexibility index (Phi) is 7.97. The van der Waals surface area contributed by atoms with E-state index in [0.717, 1.165) is 23.9 Å². The van der Waals surface area contributed by atoms with Crippen LogP contribution in [0, 0.1) is 11.8 Å². The Bertz CT molecular complexity index is 818. The Hall–Kier alpha value is -2.45. The van der Waals surface area contributed by atoms with Gasteiger partial charge in [-0.15, -0.1) is 5.10 Å². The second kappa shape index (κ2) is 10.0. The maximum Gasteiger partial charge on any atom is 0.437 e. The zero-order chi connectivity index (χ0) is 22.5. The molecule has 1 saturated carbocycles. The van der Waals surface area contributed by atoms with Crippen LogP contribution in [0.15, 0.2) is 9.21 Å². The molecule has 30 heavy (non-hydrogen) atoms. The summed E-state index contributed by atoms with van der Waals surface area (Å²) in [6, 6.07) is -0.893. The van der Waals surface area contributed by atoms with Gasteiger partial charge in [-0.05, 0) is 31.1 Å². The molecule has 0 bridgehead atoms. The number of carbonyl (C=O) groups is 3. The van der Waals surface area contributed by atoms with Crippen molar-refractivity contribution in [3.63, 3.8) is 0 Å². The molecule has 0 spiro atoms. The van der Waals surface area contributed by atoms with Gasteiger partial charge >= 0.3 is 5.76 Å². The summed E-state index contributed by atoms with van der Waals surface area (Å²) in [6.07, 6.45) is 4.07. The quantitative estimate of drug-likeness (QED) is 0.587. The molecule has 168 valence electrons. The summed E-state index contributed by atoms with van der Waals surface area (Å²) in [5, 5.41) is 9.66. The van der Waals surface area contributed by atoms with Crippen molar-refractivity contribution >= 4 is 17.6 Å². The van der Waals surface area contributed by atoms with Crippen LogP contribution in [0.3, 0.4) is 0 Å². The van der Waals surface area contributed by atoms with E-state index < -0.39 is 23.1 Å². The first-order valence-corrected chi connectivity index (χ1v) is 10.8. The van der Waals surface area contributed by atoms with Crippen molar-refractivity contribution in [3.05, 3.63) is 16.4 Å². The summed E-state index contributed by atoms with van der Waals surface area (Å²) in [4.78, 5) is 50.0. The molecule has 2 amide bonds. The van der Waals surface area contributed by atoms with Crippen LogP contribution in [0.4, 0.5) is 0 Å². The summed E-state index contributed by atoms with van der Waals surface area (Å²) in [7, 11) is 0. The molecule has 1 aromatic rings. The Morgan fingerprint density at radius 3 is 2.27 bits per heavy atom. The first-order valence-electron chi connectivity index (χ1n) is 10.8. The fourth-order valence-corrected chi connectivity index (χ4v) is 3.92. The van der Waals surface area contributed by atoms with Gasteiger partial charge in [-0.25, -0.2) is 4.79 Å². The minimum absolute atomic E-state index is 0.104. The second-order valence-corrected chi connectivity index (χ2v) is 9.09. The molecule has 0 aliphatic heterocycles. The number of hydrogen-bond donors (Lipinski definition) is 2. The first-order chi connectivity index (χ1) is 14.0. The first kappa shape index (κ1) is 23.8. The molecule has 1 heterocycles. The zero-order valence-corrected chi connectivity index (χ0v) is 18.6. The van der Waals surface area contributed by atoms with Crippen molar-refractivity contribution in [3.8, 4) is 0 Å². The predicted molar refractivity (Wildman–Crippen MR) is 111 cm³/mol. The van der Waals surface area contributed by atoms with Crippen LogP contribution in [0.25, 0.3) is 0 Å². The van der Waals surface area contributed by atoms with E-state index in [1.165, 1.54) is 6.92 Å². The van der Waals surface area contributed by atoms with E-state index in [-0.39, 0.29) is 29.5 Å². The monoisotopic (exact) mass is 422 g/mol. The molecule has 1 fully saturated rings. The Morgan fingerprint density at radius 1 is 1.10 bits per heavy atom. The highest BCUT2D eigenvalue weighted by Crippen LogP contribution is 2.29. The average molecular weight is 423 g/mol. The summed E-state index contributed by atoms with van der Waals surface area (Å²) in [6.45, 7) is 9.44. The third-order valence-electron chi connectivity index (χ3n) is 5.24. The predicted octanol–water partition coefficient (Wildman–Crippen LogP) is 2.04. The van der Waals surface area contributed by atoms with Gasteiger partial charge in [-0.1, -0.05) is 47.0 Å². The highest BCUT2D eigenvalue weighted by Gasteiger charge is 2.42. The standard InChI is InChI=1S/C21H34N4O5/c1-13(2)11-16(17(27)18-24-25(12-14(3)4)20(29)30-18)22-19(28)21(23-15(5)26)9-7-6-8-10-21/h13-14,16H,6-12H2,1-5H3,(H,22,28)(H,23,26)/t16-/m0/s1. The van der Waals surface area contributed by atoms with Crippen molar-refractivity contribution in [2.75, 3.05) is 0 Å². The van der Waals surface area contributed by atoms with Crippen LogP contribution in [-0.2, 0) is 16.1 Å². The van der Waals surface area contributed by atoms with E-state index >= 15 is 0 Å². The van der Waals surface area contributed by atoms with Crippen LogP contribution in [0.1, 0.15) is 83.8 Å². The Morgan fingerprint density at radius 2 is 1.73 bits per heavy atom. The number of nitrogens with zero attached hydrogens (tertiary/aromatic N) is 2. The molecule has 1 aliphatic rings. The van der Waals surface area contributed by atoms with Gasteiger partial charge < -0.3 is 15.1 Å². The van der Waals surface area contributed by atoms with Gasteiger partial charge in [0.15, 0.2) is 0 Å². The summed E-state index contributed by atoms with van der Waals surface area (Å²) in [5.41, 5.74) is -1.02. The molecule has 9 heteroatoms. The molecule has 2 rings (SSSR count).